The van der Waals surface area contributed by atoms with Gasteiger partial charge in [-0.05, 0) is 42.3 Å². The van der Waals surface area contributed by atoms with Gasteiger partial charge in [0.1, 0.15) is 22.2 Å². The van der Waals surface area contributed by atoms with Crippen molar-refractivity contribution in [2.75, 3.05) is 39.1 Å². The molecule has 1 aromatic heterocycles. The Labute approximate surface area is 207 Å². The number of thiophene rings is 1. The second-order valence-corrected chi connectivity index (χ2v) is 8.37. The van der Waals surface area contributed by atoms with Gasteiger partial charge in [0, 0.05) is 6.07 Å². The molecule has 1 heterocycles. The van der Waals surface area contributed by atoms with Crippen LogP contribution in [0, 0.1) is 6.92 Å². The topological polar surface area (TPSA) is 112 Å². The standard InChI is InChI=1S/C25H26N2O7S/c1-14-21(25(30)34-5)24(27-20(28)12-15-6-8-16(31-2)9-7-15)35-22(14)23(29)26-18-13-17(32-3)10-11-19(18)33-4/h6-11,13H,12H2,1-5H3,(H,26,29)(H,27,28). The minimum Gasteiger partial charge on any atom is -0.497 e. The molecule has 0 aliphatic carbocycles. The molecule has 0 radical (unpaired) electrons. The molecule has 0 bridgehead atoms. The number of nitrogens with one attached hydrogen (secondary N) is 2. The smallest absolute Gasteiger partial charge is 0.341 e. The molecule has 2 aromatic carbocycles. The average Bonchev–Trinajstić information content (AvgIpc) is 3.19. The Morgan fingerprint density at radius 1 is 0.857 bits per heavy atom. The monoisotopic (exact) mass is 498 g/mol. The number of esters is 1. The van der Waals surface area contributed by atoms with Crippen LogP contribution < -0.4 is 24.8 Å². The van der Waals surface area contributed by atoms with E-state index < -0.39 is 11.9 Å². The third-order valence-electron chi connectivity index (χ3n) is 5.17. The summed E-state index contributed by atoms with van der Waals surface area (Å²) in [7, 11) is 5.80. The van der Waals surface area contributed by atoms with Gasteiger partial charge >= 0.3 is 5.97 Å². The number of hydrogen-bond acceptors (Lipinski definition) is 8. The SMILES string of the molecule is COC(=O)c1c(NC(=O)Cc2ccc(OC)cc2)sc(C(=O)Nc2cc(OC)ccc2OC)c1C. The van der Waals surface area contributed by atoms with E-state index in [2.05, 4.69) is 10.6 Å². The zero-order valence-electron chi connectivity index (χ0n) is 20.0. The van der Waals surface area contributed by atoms with Crippen LogP contribution in [-0.4, -0.2) is 46.2 Å². The minimum atomic E-state index is -0.656. The fourth-order valence-electron chi connectivity index (χ4n) is 3.36. The number of benzene rings is 2. The maximum Gasteiger partial charge on any atom is 0.341 e. The highest BCUT2D eigenvalue weighted by Gasteiger charge is 2.27. The fourth-order valence-corrected chi connectivity index (χ4v) is 4.46. The van der Waals surface area contributed by atoms with Crippen molar-refractivity contribution in [2.45, 2.75) is 13.3 Å². The number of carbonyl (C=O) groups excluding carboxylic acids is 3. The molecule has 0 saturated heterocycles. The first kappa shape index (κ1) is 25.6. The predicted octanol–water partition coefficient (Wildman–Crippen LogP) is 4.30. The zero-order chi connectivity index (χ0) is 25.5. The summed E-state index contributed by atoms with van der Waals surface area (Å²) in [4.78, 5) is 38.6. The summed E-state index contributed by atoms with van der Waals surface area (Å²) in [5.41, 5.74) is 1.68. The normalized spacial score (nSPS) is 10.3. The van der Waals surface area contributed by atoms with Crippen LogP contribution in [0.3, 0.4) is 0 Å². The third kappa shape index (κ3) is 5.90. The molecule has 3 rings (SSSR count). The molecule has 35 heavy (non-hydrogen) atoms. The molecule has 0 fully saturated rings. The predicted molar refractivity (Wildman–Crippen MR) is 133 cm³/mol. The summed E-state index contributed by atoms with van der Waals surface area (Å²) in [5.74, 6) is 0.180. The Morgan fingerprint density at radius 3 is 2.11 bits per heavy atom. The molecule has 2 N–H and O–H groups in total. The van der Waals surface area contributed by atoms with E-state index in [0.717, 1.165) is 16.9 Å². The van der Waals surface area contributed by atoms with E-state index in [4.69, 9.17) is 18.9 Å². The quantitative estimate of drug-likeness (QED) is 0.423. The van der Waals surface area contributed by atoms with Crippen molar-refractivity contribution in [3.05, 3.63) is 64.0 Å². The molecular formula is C25H26N2O7S. The molecule has 0 spiro atoms. The van der Waals surface area contributed by atoms with Crippen molar-refractivity contribution < 1.29 is 33.3 Å². The lowest BCUT2D eigenvalue weighted by molar-refractivity contribution is -0.115. The molecule has 184 valence electrons. The largest absolute Gasteiger partial charge is 0.497 e. The van der Waals surface area contributed by atoms with Gasteiger partial charge in [-0.25, -0.2) is 4.79 Å². The Kier molecular flexibility index (Phi) is 8.32. The van der Waals surface area contributed by atoms with E-state index in [1.807, 2.05) is 0 Å². The Bertz CT molecular complexity index is 1240. The first-order valence-corrected chi connectivity index (χ1v) is 11.3. The van der Waals surface area contributed by atoms with E-state index >= 15 is 0 Å². The van der Waals surface area contributed by atoms with E-state index in [0.29, 0.717) is 28.5 Å². The molecule has 3 aromatic rings. The van der Waals surface area contributed by atoms with Gasteiger partial charge in [0.15, 0.2) is 0 Å². The van der Waals surface area contributed by atoms with Crippen LogP contribution in [0.2, 0.25) is 0 Å². The highest BCUT2D eigenvalue weighted by Crippen LogP contribution is 2.36. The number of rotatable bonds is 9. The molecular weight excluding hydrogens is 472 g/mol. The molecule has 10 heteroatoms. The summed E-state index contributed by atoms with van der Waals surface area (Å²) in [5, 5.41) is 5.76. The average molecular weight is 499 g/mol. The maximum absolute atomic E-state index is 13.1. The maximum atomic E-state index is 13.1. The van der Waals surface area contributed by atoms with Crippen LogP contribution in [-0.2, 0) is 16.0 Å². The summed E-state index contributed by atoms with van der Waals surface area (Å²) < 4.78 is 20.6. The molecule has 0 atom stereocenters. The number of amides is 2. The van der Waals surface area contributed by atoms with Crippen LogP contribution in [0.4, 0.5) is 10.7 Å². The first-order chi connectivity index (χ1) is 16.8. The van der Waals surface area contributed by atoms with Crippen LogP contribution in [0.15, 0.2) is 42.5 Å². The van der Waals surface area contributed by atoms with Crippen molar-refractivity contribution in [2.24, 2.45) is 0 Å². The van der Waals surface area contributed by atoms with E-state index in [1.165, 1.54) is 21.3 Å². The molecule has 0 saturated carbocycles. The van der Waals surface area contributed by atoms with Crippen molar-refractivity contribution in [3.63, 3.8) is 0 Å². The van der Waals surface area contributed by atoms with Gasteiger partial charge in [0.2, 0.25) is 5.91 Å². The number of carbonyl (C=O) groups is 3. The highest BCUT2D eigenvalue weighted by atomic mass is 32.1. The summed E-state index contributed by atoms with van der Waals surface area (Å²) in [6.45, 7) is 1.62. The van der Waals surface area contributed by atoms with Crippen LogP contribution in [0.1, 0.15) is 31.2 Å². The van der Waals surface area contributed by atoms with E-state index in [1.54, 1.807) is 56.5 Å². The van der Waals surface area contributed by atoms with Crippen LogP contribution in [0.25, 0.3) is 0 Å². The second-order valence-electron chi connectivity index (χ2n) is 7.35. The number of hydrogen-bond donors (Lipinski definition) is 2. The molecule has 0 aliphatic rings. The van der Waals surface area contributed by atoms with E-state index in [-0.39, 0.29) is 27.8 Å². The fraction of sp³-hybridized carbons (Fsp3) is 0.240. The van der Waals surface area contributed by atoms with Gasteiger partial charge in [-0.3, -0.25) is 9.59 Å². The van der Waals surface area contributed by atoms with Gasteiger partial charge in [-0.15, -0.1) is 11.3 Å². The van der Waals surface area contributed by atoms with Crippen LogP contribution in [0.5, 0.6) is 17.2 Å². The Balaban J connectivity index is 1.87. The Hall–Kier alpha value is -4.05. The third-order valence-corrected chi connectivity index (χ3v) is 6.38. The highest BCUT2D eigenvalue weighted by molar-refractivity contribution is 7.19. The molecule has 0 aliphatic heterocycles. The van der Waals surface area contributed by atoms with Gasteiger partial charge in [0.05, 0.1) is 51.0 Å². The summed E-state index contributed by atoms with van der Waals surface area (Å²) in [6, 6.07) is 12.1. The number of methoxy groups -OCH3 is 4. The Morgan fingerprint density at radius 2 is 1.51 bits per heavy atom. The molecule has 9 nitrogen and oxygen atoms in total. The van der Waals surface area contributed by atoms with E-state index in [9.17, 15) is 14.4 Å². The number of ether oxygens (including phenoxy) is 4. The van der Waals surface area contributed by atoms with Crippen molar-refractivity contribution in [1.82, 2.24) is 0 Å². The lowest BCUT2D eigenvalue weighted by Crippen LogP contribution is -2.16. The van der Waals surface area contributed by atoms with Gasteiger partial charge in [0.25, 0.3) is 5.91 Å². The first-order valence-electron chi connectivity index (χ1n) is 10.5. The van der Waals surface area contributed by atoms with Gasteiger partial charge < -0.3 is 29.6 Å². The van der Waals surface area contributed by atoms with Crippen molar-refractivity contribution in [1.29, 1.82) is 0 Å². The van der Waals surface area contributed by atoms with Crippen molar-refractivity contribution >= 4 is 39.8 Å². The van der Waals surface area contributed by atoms with Crippen LogP contribution >= 0.6 is 11.3 Å². The zero-order valence-corrected chi connectivity index (χ0v) is 20.8. The molecule has 0 unspecified atom stereocenters. The minimum absolute atomic E-state index is 0.0735. The lowest BCUT2D eigenvalue weighted by atomic mass is 10.1. The number of anilines is 2. The van der Waals surface area contributed by atoms with Crippen molar-refractivity contribution in [3.8, 4) is 17.2 Å². The second kappa shape index (κ2) is 11.4. The van der Waals surface area contributed by atoms with Gasteiger partial charge in [-0.1, -0.05) is 12.1 Å². The summed E-state index contributed by atoms with van der Waals surface area (Å²) in [6.07, 6.45) is 0.0735. The molecule has 2 amide bonds. The van der Waals surface area contributed by atoms with Gasteiger partial charge in [-0.2, -0.15) is 0 Å². The summed E-state index contributed by atoms with van der Waals surface area (Å²) >= 11 is 0.989. The lowest BCUT2D eigenvalue weighted by Gasteiger charge is -2.11.